The summed E-state index contributed by atoms with van der Waals surface area (Å²) in [6, 6.07) is 6.27. The number of sulfonamides is 1. The van der Waals surface area contributed by atoms with Gasteiger partial charge in [-0.25, -0.2) is 21.9 Å². The average molecular weight is 518 g/mol. The molecule has 0 unspecified atom stereocenters. The molecule has 0 saturated carbocycles. The van der Waals surface area contributed by atoms with Crippen LogP contribution in [0.2, 0.25) is 0 Å². The average Bonchev–Trinajstić information content (AvgIpc) is 2.69. The van der Waals surface area contributed by atoms with Crippen molar-refractivity contribution in [2.75, 3.05) is 12.7 Å². The zero-order valence-electron chi connectivity index (χ0n) is 17.6. The van der Waals surface area contributed by atoms with Gasteiger partial charge >= 0.3 is 7.60 Å². The number of halogens is 2. The minimum absolute atomic E-state index is 0.00168. The van der Waals surface area contributed by atoms with E-state index in [0.29, 0.717) is 0 Å². The van der Waals surface area contributed by atoms with Crippen molar-refractivity contribution >= 4 is 35.6 Å². The first-order valence-electron chi connectivity index (χ1n) is 9.31. The van der Waals surface area contributed by atoms with Crippen LogP contribution in [0.25, 0.3) is 6.08 Å². The monoisotopic (exact) mass is 518 g/mol. The summed E-state index contributed by atoms with van der Waals surface area (Å²) in [4.78, 5) is 32.4. The van der Waals surface area contributed by atoms with Crippen molar-refractivity contribution in [3.8, 4) is 11.5 Å². The van der Waals surface area contributed by atoms with Crippen LogP contribution < -0.4 is 20.9 Å². The Morgan fingerprint density at radius 3 is 2.24 bits per heavy atom. The molecule has 0 atom stereocenters. The molecule has 15 heteroatoms. The molecule has 0 fully saturated rings. The van der Waals surface area contributed by atoms with Crippen molar-refractivity contribution in [3.05, 3.63) is 59.2 Å². The number of nitrogens with one attached hydrogen (secondary N) is 1. The second-order valence-corrected chi connectivity index (χ2v) is 10.4. The third kappa shape index (κ3) is 8.01. The third-order valence-corrected chi connectivity index (χ3v) is 6.30. The zero-order chi connectivity index (χ0) is 25.7. The van der Waals surface area contributed by atoms with Gasteiger partial charge in [-0.3, -0.25) is 9.36 Å². The second kappa shape index (κ2) is 10.8. The Morgan fingerprint density at radius 1 is 1.18 bits per heavy atom. The number of benzene rings is 2. The van der Waals surface area contributed by atoms with Gasteiger partial charge in [-0.2, -0.15) is 4.99 Å². The van der Waals surface area contributed by atoms with Crippen molar-refractivity contribution in [1.29, 1.82) is 0 Å². The van der Waals surface area contributed by atoms with E-state index in [9.17, 15) is 26.6 Å². The highest BCUT2D eigenvalue weighted by atomic mass is 32.2. The number of carbonyl (C=O) groups excluding carboxylic acids is 1. The van der Waals surface area contributed by atoms with Crippen LogP contribution in [-0.2, 0) is 19.4 Å². The van der Waals surface area contributed by atoms with Crippen LogP contribution in [0, 0.1) is 11.6 Å². The highest BCUT2D eigenvalue weighted by Gasteiger charge is 2.19. The van der Waals surface area contributed by atoms with Gasteiger partial charge < -0.3 is 26.0 Å². The molecule has 184 valence electrons. The maximum absolute atomic E-state index is 14.4. The van der Waals surface area contributed by atoms with Crippen LogP contribution in [-0.4, -0.2) is 42.8 Å². The molecule has 2 rings (SSSR count). The lowest BCUT2D eigenvalue weighted by molar-refractivity contribution is -0.114. The Balaban J connectivity index is 2.17. The van der Waals surface area contributed by atoms with Gasteiger partial charge in [-0.15, -0.1) is 0 Å². The number of carbonyl (C=O) groups is 1. The number of ether oxygens (including phenoxy) is 1. The molecule has 0 aromatic heterocycles. The lowest BCUT2D eigenvalue weighted by atomic mass is 10.1. The Morgan fingerprint density at radius 2 is 1.74 bits per heavy atom. The van der Waals surface area contributed by atoms with Crippen molar-refractivity contribution in [2.45, 2.75) is 11.8 Å². The van der Waals surface area contributed by atoms with E-state index in [1.165, 1.54) is 13.0 Å². The summed E-state index contributed by atoms with van der Waals surface area (Å²) in [5.74, 6) is -4.29. The van der Waals surface area contributed by atoms with Gasteiger partial charge in [-0.05, 0) is 55.0 Å². The number of nitrogens with two attached hydrogens (primary N) is 2. The smallest absolute Gasteiger partial charge is 0.326 e. The molecule has 2 aromatic carbocycles. The number of aliphatic imine (C=N–C) groups is 1. The van der Waals surface area contributed by atoms with E-state index in [-0.39, 0.29) is 21.8 Å². The number of guanidine groups is 1. The van der Waals surface area contributed by atoms with E-state index in [1.54, 1.807) is 0 Å². The van der Waals surface area contributed by atoms with Gasteiger partial charge in [0.15, 0.2) is 23.3 Å². The van der Waals surface area contributed by atoms with E-state index in [0.717, 1.165) is 36.4 Å². The fraction of sp³-hybridized carbons (Fsp3) is 0.158. The van der Waals surface area contributed by atoms with Crippen LogP contribution in [0.3, 0.4) is 0 Å². The molecular weight excluding hydrogens is 497 g/mol. The molecule has 34 heavy (non-hydrogen) atoms. The highest BCUT2D eigenvalue weighted by Crippen LogP contribution is 2.33. The molecule has 1 amide bonds. The predicted molar refractivity (Wildman–Crippen MR) is 119 cm³/mol. The first kappa shape index (κ1) is 27.1. The Bertz CT molecular complexity index is 1270. The fourth-order valence-electron chi connectivity index (χ4n) is 2.49. The molecule has 0 aliphatic heterocycles. The van der Waals surface area contributed by atoms with E-state index >= 15 is 0 Å². The maximum atomic E-state index is 14.4. The van der Waals surface area contributed by atoms with Crippen LogP contribution >= 0.6 is 7.60 Å². The summed E-state index contributed by atoms with van der Waals surface area (Å²) in [6.45, 7) is 0.866. The summed E-state index contributed by atoms with van der Waals surface area (Å²) in [6.07, 6.45) is 0.489. The van der Waals surface area contributed by atoms with Crippen molar-refractivity contribution in [3.63, 3.8) is 0 Å². The molecule has 0 bridgehead atoms. The molecule has 0 aliphatic rings. The van der Waals surface area contributed by atoms with Gasteiger partial charge in [-0.1, -0.05) is 0 Å². The third-order valence-electron chi connectivity index (χ3n) is 4.02. The summed E-state index contributed by atoms with van der Waals surface area (Å²) in [5, 5.41) is 0. The van der Waals surface area contributed by atoms with Crippen molar-refractivity contribution in [1.82, 2.24) is 4.72 Å². The molecule has 0 spiro atoms. The Kier molecular flexibility index (Phi) is 8.64. The summed E-state index contributed by atoms with van der Waals surface area (Å²) < 4.78 is 71.2. The van der Waals surface area contributed by atoms with Crippen molar-refractivity contribution in [2.24, 2.45) is 16.5 Å². The molecule has 0 radical (unpaired) electrons. The van der Waals surface area contributed by atoms with Gasteiger partial charge in [0.2, 0.25) is 10.0 Å². The molecule has 0 aliphatic carbocycles. The molecule has 0 heterocycles. The summed E-state index contributed by atoms with van der Waals surface area (Å²) in [5.41, 5.74) is 10.2. The molecular formula is C19H21F2N4O7PS. The van der Waals surface area contributed by atoms with Gasteiger partial charge in [0, 0.05) is 12.1 Å². The molecule has 7 N–H and O–H groups in total. The Labute approximate surface area is 193 Å². The second-order valence-electron chi connectivity index (χ2n) is 6.84. The fourth-order valence-corrected chi connectivity index (χ4v) is 4.08. The molecule has 0 saturated heterocycles. The van der Waals surface area contributed by atoms with Gasteiger partial charge in [0.25, 0.3) is 5.91 Å². The van der Waals surface area contributed by atoms with E-state index in [4.69, 9.17) is 26.0 Å². The minimum Gasteiger partial charge on any atom is -0.451 e. The summed E-state index contributed by atoms with van der Waals surface area (Å²) >= 11 is 0. The van der Waals surface area contributed by atoms with Gasteiger partial charge in [0.05, 0.1) is 11.1 Å². The van der Waals surface area contributed by atoms with Crippen LogP contribution in [0.4, 0.5) is 8.78 Å². The van der Waals surface area contributed by atoms with Crippen LogP contribution in [0.1, 0.15) is 12.5 Å². The lowest BCUT2D eigenvalue weighted by Gasteiger charge is -2.11. The largest absolute Gasteiger partial charge is 0.451 e. The first-order valence-corrected chi connectivity index (χ1v) is 12.6. The quantitative estimate of drug-likeness (QED) is 0.141. The SMILES string of the molecule is CC(=Cc1cc(F)c(Oc2ccc(S(=O)(=O)NCCP(=O)(O)O)cc2)c(F)c1)C(=O)N=C(N)N. The topological polar surface area (TPSA) is 194 Å². The number of rotatable bonds is 9. The number of hydrogen-bond donors (Lipinski definition) is 5. The highest BCUT2D eigenvalue weighted by molar-refractivity contribution is 7.89. The van der Waals surface area contributed by atoms with E-state index in [1.807, 2.05) is 4.72 Å². The van der Waals surface area contributed by atoms with E-state index < -0.39 is 59.6 Å². The number of amides is 1. The molecule has 11 nitrogen and oxygen atoms in total. The van der Waals surface area contributed by atoms with Crippen LogP contribution in [0.5, 0.6) is 11.5 Å². The Hall–Kier alpha value is -3.16. The van der Waals surface area contributed by atoms with Crippen molar-refractivity contribution < 1.29 is 41.1 Å². The number of nitrogens with zero attached hydrogens (tertiary/aromatic N) is 1. The number of hydrogen-bond acceptors (Lipinski definition) is 5. The first-order chi connectivity index (χ1) is 15.7. The minimum atomic E-state index is -4.38. The summed E-state index contributed by atoms with van der Waals surface area (Å²) in [7, 11) is -8.45. The van der Waals surface area contributed by atoms with Crippen LogP contribution in [0.15, 0.2) is 51.9 Å². The van der Waals surface area contributed by atoms with Gasteiger partial charge in [0.1, 0.15) is 5.75 Å². The molecule has 2 aromatic rings. The standard InChI is InChI=1S/C19H21F2N4O7PS/c1-11(18(26)25-19(22)23)8-12-9-15(20)17(16(21)10-12)32-13-2-4-14(5-3-13)34(30,31)24-6-7-33(27,28)29/h2-5,8-10,24H,6-7H2,1H3,(H2,27,28,29)(H4,22,23,25,26). The predicted octanol–water partition coefficient (Wildman–Crippen LogP) is 1.42. The maximum Gasteiger partial charge on any atom is 0.326 e. The van der Waals surface area contributed by atoms with E-state index in [2.05, 4.69) is 4.99 Å². The lowest BCUT2D eigenvalue weighted by Crippen LogP contribution is -2.26. The normalized spacial score (nSPS) is 12.3. The zero-order valence-corrected chi connectivity index (χ0v) is 19.3.